The van der Waals surface area contributed by atoms with Gasteiger partial charge in [-0.25, -0.2) is 28.8 Å². The molecule has 0 aliphatic carbocycles. The molecule has 7 N–H and O–H groups in total. The van der Waals surface area contributed by atoms with Gasteiger partial charge in [0.1, 0.15) is 51.5 Å². The number of ketones is 6. The van der Waals surface area contributed by atoms with Crippen molar-refractivity contribution in [2.45, 2.75) is 145 Å². The van der Waals surface area contributed by atoms with Crippen LogP contribution in [0, 0.1) is 44.9 Å². The number of carboxylic acid groups (broad SMARTS) is 2. The Bertz CT molecular complexity index is 6620. The summed E-state index contributed by atoms with van der Waals surface area (Å²) in [5.74, 6) is -3.61. The highest BCUT2D eigenvalue weighted by molar-refractivity contribution is 8.03. The van der Waals surface area contributed by atoms with Crippen LogP contribution in [0.2, 0.25) is 5.02 Å². The van der Waals surface area contributed by atoms with Crippen molar-refractivity contribution in [3.05, 3.63) is 319 Å². The minimum atomic E-state index is -1.06. The molecule has 3 unspecified atom stereocenters. The van der Waals surface area contributed by atoms with Gasteiger partial charge in [0.05, 0.1) is 123 Å². The molecule has 796 valence electrons. The number of carbonyl (C=O) groups excluding carboxylic acids is 13. The number of nitro groups is 2. The summed E-state index contributed by atoms with van der Waals surface area (Å²) in [5, 5.41) is 41.5. The van der Waals surface area contributed by atoms with Crippen LogP contribution in [0.25, 0.3) is 0 Å². The summed E-state index contributed by atoms with van der Waals surface area (Å²) in [4.78, 5) is 195. The lowest BCUT2D eigenvalue weighted by atomic mass is 10.0. The molecule has 0 saturated carbocycles. The number of rotatable bonds is 29. The topological polar surface area (TPSA) is 530 Å². The summed E-state index contributed by atoms with van der Waals surface area (Å²) >= 11 is 13.2. The number of aliphatic carboxylic acids is 1. The number of carboxylic acids is 2. The molecule has 12 rings (SSSR count). The van der Waals surface area contributed by atoms with Gasteiger partial charge in [-0.2, -0.15) is 0 Å². The van der Waals surface area contributed by atoms with Crippen molar-refractivity contribution in [3.8, 4) is 17.2 Å². The molecule has 150 heavy (non-hydrogen) atoms. The maximum atomic E-state index is 12.3. The summed E-state index contributed by atoms with van der Waals surface area (Å²) in [6.07, 6.45) is 0.628. The SMILES string of the molecule is CC(=O)C(C)C(=O)O.CC1=C(C)C(=O)Cc2cc(C(=O)O)ccc2S1.CCOC(=O)C(C)C(C)=O.COC(=O)c1ccc(C)c(N)c1.COC(=O)c1ccc(Cl)c([N+](=O)[O-])c1.COC(=O)c1ccc(SCc2ccc(OC)cc2)c(NC(=O)C(C)C(C)=O)c1.COC(=O)c1ccc(SCc2ccc(OC)cc2)c([N+](=O)[O-])c1.COC(=O)c1ccc2c(c1)CC(=O)C(C)=C(C)S2.COc1ccc(CSc2ccc(C(C)=O)cc2N)cc1. The maximum absolute atomic E-state index is 12.3. The number of aryl methyl sites for hydroxylation is 1. The zero-order valence-electron chi connectivity index (χ0n) is 86.3. The molecule has 41 heteroatoms. The quantitative estimate of drug-likeness (QED) is 0.00425. The highest BCUT2D eigenvalue weighted by Crippen LogP contribution is 2.40. The number of benzene rings is 10. The van der Waals surface area contributed by atoms with Crippen molar-refractivity contribution in [1.82, 2.24) is 0 Å². The number of nitro benzene ring substituents is 2. The second kappa shape index (κ2) is 64.1. The number of anilines is 3. The normalized spacial score (nSPS) is 11.8. The van der Waals surface area contributed by atoms with Crippen molar-refractivity contribution in [1.29, 1.82) is 0 Å². The Balaban J connectivity index is 0.000000358. The fraction of sp³-hybridized carbons (Fsp3) is 0.275. The van der Waals surface area contributed by atoms with Crippen LogP contribution in [-0.4, -0.2) is 172 Å². The van der Waals surface area contributed by atoms with Crippen molar-refractivity contribution < 1.29 is 135 Å². The molecular weight excluding hydrogens is 2050 g/mol. The third-order valence-electron chi connectivity index (χ3n) is 21.7. The number of thioether (sulfide) groups is 5. The number of halogens is 1. The first kappa shape index (κ1) is 127. The van der Waals surface area contributed by atoms with Gasteiger partial charge in [-0.3, -0.25) is 63.4 Å². The Morgan fingerprint density at radius 2 is 0.760 bits per heavy atom. The number of methoxy groups -OCH3 is 8. The zero-order chi connectivity index (χ0) is 113. The highest BCUT2D eigenvalue weighted by atomic mass is 35.5. The lowest BCUT2D eigenvalue weighted by Gasteiger charge is -2.14. The molecule has 1 amide bonds. The van der Waals surface area contributed by atoms with E-state index < -0.39 is 69.3 Å². The molecule has 0 radical (unpaired) electrons. The molecule has 0 aromatic heterocycles. The van der Waals surface area contributed by atoms with Crippen molar-refractivity contribution in [3.63, 3.8) is 0 Å². The Hall–Kier alpha value is -15.2. The van der Waals surface area contributed by atoms with E-state index in [2.05, 4.69) is 29.0 Å². The maximum Gasteiger partial charge on any atom is 0.338 e. The fourth-order valence-corrected chi connectivity index (χ4v) is 16.9. The number of nitrogens with two attached hydrogens (primary N) is 2. The number of carbonyl (C=O) groups is 15. The molecule has 35 nitrogen and oxygen atoms in total. The number of nitrogen functional groups attached to an aromatic ring is 2. The number of nitrogens with zero attached hydrogens (tertiary/aromatic N) is 2. The standard InChI is InChI=1S/C21H23NO5S.C16H15NO5S.C16H17NO2S.C14H14O3S.C13H12O3S.C9H11NO2.C8H6ClNO4.C7H12O3.C5H8O3/c1-13(14(2)23)20(24)22-18-11-16(21(25)27-4)7-10-19(18)28-12-15-5-8-17(26-3)9-6-15;1-21-13-6-3-11(4-7-13)10-23-15-8-5-12(16(18)22-2)9-14(15)17(19)20;1-11(18)13-5-8-16(15(17)9-13)20-10-12-3-6-14(19-2)7-4-12;1-8-9(2)18-13-5-4-10(14(16)17-3)6-11(13)7-12(8)15;1-7-8(2)17-12-4-3-9(13(15)16)5-10(12)6-11(7)14;1-6-3-4-7(5-8(6)10)9(11)12-2;1-14-8(11)5-2-3-6(9)7(4-5)10(12)13;1-4-10-7(9)5(2)6(3)8;1-3(4(2)6)5(7)8/h5-11,13H,12H2,1-4H3,(H,22,24);3-9H,10H2,1-2H3;3-9H,10,17H2,1-2H3;4-6H,7H2,1-3H3;3-5H,6H2,1-2H3,(H,15,16);3-5H,10H2,1-2H3;2-4H,1H3;5H,4H2,1-3H3;3H,1-2H3,(H,7,8). The van der Waals surface area contributed by atoms with Crippen LogP contribution in [0.1, 0.15) is 189 Å². The molecule has 0 saturated heterocycles. The highest BCUT2D eigenvalue weighted by Gasteiger charge is 2.27. The van der Waals surface area contributed by atoms with Crippen molar-refractivity contribution >= 4 is 187 Å². The van der Waals surface area contributed by atoms with Gasteiger partial charge in [-0.1, -0.05) is 83.7 Å². The number of aromatic carboxylic acids is 1. The second-order valence-electron chi connectivity index (χ2n) is 32.1. The van der Waals surface area contributed by atoms with E-state index in [-0.39, 0.29) is 86.1 Å². The second-order valence-corrected chi connectivity index (χ2v) is 38.1. The Kier molecular flexibility index (Phi) is 54.3. The predicted molar refractivity (Wildman–Crippen MR) is 577 cm³/mol. The van der Waals surface area contributed by atoms with E-state index in [1.807, 2.05) is 126 Å². The number of nitrogens with one attached hydrogen (secondary N) is 1. The molecular formula is C109H118ClN5O30S5. The van der Waals surface area contributed by atoms with E-state index in [0.717, 1.165) is 97.4 Å². The lowest BCUT2D eigenvalue weighted by molar-refractivity contribution is -0.387. The van der Waals surface area contributed by atoms with Gasteiger partial charge in [-0.05, 0) is 273 Å². The van der Waals surface area contributed by atoms with Crippen LogP contribution in [-0.2, 0) is 96.9 Å². The minimum absolute atomic E-state index is 0.0114. The van der Waals surface area contributed by atoms with Gasteiger partial charge in [0.2, 0.25) is 5.91 Å². The number of Topliss-reactive ketones (excluding diaryl/α,β-unsaturated/α-hetero) is 6. The minimum Gasteiger partial charge on any atom is -0.497 e. The van der Waals surface area contributed by atoms with Crippen LogP contribution in [0.5, 0.6) is 17.2 Å². The molecule has 0 fully saturated rings. The number of allylic oxidation sites excluding steroid dienone is 4. The molecule has 2 heterocycles. The number of hydrogen-bond donors (Lipinski definition) is 5. The Morgan fingerprint density at radius 3 is 1.13 bits per heavy atom. The molecule has 0 spiro atoms. The average molecular weight is 2170 g/mol. The number of hydrogen-bond acceptors (Lipinski definition) is 35. The average Bonchev–Trinajstić information content (AvgIpc) is 1.51. The van der Waals surface area contributed by atoms with Gasteiger partial charge in [0.15, 0.2) is 17.3 Å². The Morgan fingerprint density at radius 1 is 0.420 bits per heavy atom. The van der Waals surface area contributed by atoms with Crippen LogP contribution in [0.15, 0.2) is 246 Å². The smallest absolute Gasteiger partial charge is 0.338 e. The van der Waals surface area contributed by atoms with Crippen LogP contribution < -0.4 is 31.0 Å². The van der Waals surface area contributed by atoms with E-state index in [4.69, 9.17) is 52.2 Å². The summed E-state index contributed by atoms with van der Waals surface area (Å²) in [6.45, 7) is 21.5. The van der Waals surface area contributed by atoms with Gasteiger partial charge in [-0.15, -0.1) is 35.3 Å². The van der Waals surface area contributed by atoms with Gasteiger partial charge < -0.3 is 69.6 Å². The van der Waals surface area contributed by atoms with E-state index in [1.54, 1.807) is 151 Å². The summed E-state index contributed by atoms with van der Waals surface area (Å²) in [7, 11) is 11.3. The first-order chi connectivity index (χ1) is 70.9. The van der Waals surface area contributed by atoms with Crippen molar-refractivity contribution in [2.24, 2.45) is 17.8 Å². The summed E-state index contributed by atoms with van der Waals surface area (Å²) in [6, 6.07) is 57.0. The van der Waals surface area contributed by atoms with Crippen LogP contribution >= 0.6 is 70.4 Å². The molecule has 3 atom stereocenters. The summed E-state index contributed by atoms with van der Waals surface area (Å²) < 4.78 is 42.9. The first-order valence-corrected chi connectivity index (χ1v) is 50.1. The van der Waals surface area contributed by atoms with Gasteiger partial charge in [0, 0.05) is 89.9 Å². The monoisotopic (exact) mass is 2170 g/mol. The number of fused-ring (bicyclic) bond motifs is 2. The van der Waals surface area contributed by atoms with Crippen LogP contribution in [0.4, 0.5) is 28.4 Å². The van der Waals surface area contributed by atoms with E-state index >= 15 is 0 Å². The third kappa shape index (κ3) is 41.5. The van der Waals surface area contributed by atoms with E-state index in [0.29, 0.717) is 68.7 Å². The molecule has 2 aliphatic rings. The van der Waals surface area contributed by atoms with E-state index in [1.165, 1.54) is 128 Å². The molecule has 2 aliphatic heterocycles. The number of ether oxygens (including phenoxy) is 9. The predicted octanol–water partition coefficient (Wildman–Crippen LogP) is 21.7. The van der Waals surface area contributed by atoms with Gasteiger partial charge >= 0.3 is 47.8 Å². The lowest BCUT2D eigenvalue weighted by Crippen LogP contribution is -2.26. The van der Waals surface area contributed by atoms with Crippen molar-refractivity contribution in [2.75, 3.05) is 80.3 Å². The van der Waals surface area contributed by atoms with E-state index in [9.17, 15) is 92.1 Å². The third-order valence-corrected chi connectivity index (χ3v) is 27.9. The largest absolute Gasteiger partial charge is 0.497 e. The Labute approximate surface area is 894 Å². The number of esters is 6. The molecule has 0 bridgehead atoms. The number of amides is 1. The molecule has 10 aromatic carbocycles. The fourth-order valence-electron chi connectivity index (χ4n) is 11.9. The first-order valence-electron chi connectivity index (χ1n) is 45.2. The summed E-state index contributed by atoms with van der Waals surface area (Å²) in [5.41, 5.74) is 22.9. The van der Waals surface area contributed by atoms with Crippen LogP contribution in [0.3, 0.4) is 0 Å². The van der Waals surface area contributed by atoms with Gasteiger partial charge in [0.25, 0.3) is 11.4 Å². The molecule has 10 aromatic rings. The zero-order valence-corrected chi connectivity index (χ0v) is 91.2.